The van der Waals surface area contributed by atoms with Gasteiger partial charge < -0.3 is 14.8 Å². The quantitative estimate of drug-likeness (QED) is 0.788. The molecule has 27 heavy (non-hydrogen) atoms. The molecule has 1 aliphatic rings. The topological polar surface area (TPSA) is 105 Å². The third kappa shape index (κ3) is 3.61. The second kappa shape index (κ2) is 7.54. The van der Waals surface area contributed by atoms with E-state index in [4.69, 9.17) is 23.2 Å². The average molecular weight is 408 g/mol. The molecule has 0 fully saturated rings. The van der Waals surface area contributed by atoms with Gasteiger partial charge in [0.2, 0.25) is 0 Å². The van der Waals surface area contributed by atoms with E-state index in [1.165, 1.54) is 6.33 Å². The van der Waals surface area contributed by atoms with Crippen LogP contribution < -0.4 is 0 Å². The highest BCUT2D eigenvalue weighted by Gasteiger charge is 2.42. The molecule has 2 unspecified atom stereocenters. The van der Waals surface area contributed by atoms with Crippen LogP contribution in [0.3, 0.4) is 0 Å². The molecule has 0 spiro atoms. The van der Waals surface area contributed by atoms with Gasteiger partial charge in [0.15, 0.2) is 0 Å². The van der Waals surface area contributed by atoms with Crippen molar-refractivity contribution in [2.75, 3.05) is 0 Å². The second-order valence-corrected chi connectivity index (χ2v) is 6.88. The van der Waals surface area contributed by atoms with Gasteiger partial charge in [-0.2, -0.15) is 0 Å². The number of imidazole rings is 1. The zero-order valence-electron chi connectivity index (χ0n) is 14.1. The lowest BCUT2D eigenvalue weighted by Gasteiger charge is -2.31. The minimum atomic E-state index is -1.26. The summed E-state index contributed by atoms with van der Waals surface area (Å²) in [6.07, 6.45) is 4.76. The van der Waals surface area contributed by atoms with Crippen molar-refractivity contribution >= 4 is 40.9 Å². The Bertz CT molecular complexity index is 967. The van der Waals surface area contributed by atoms with Crippen LogP contribution in [0.15, 0.2) is 53.2 Å². The van der Waals surface area contributed by atoms with Crippen molar-refractivity contribution in [2.45, 2.75) is 19.4 Å². The SMILES string of the molecule is CC1=NC(Cn2ccnc2)=C(C(=O)O)C(c2cccc(Cl)c2Cl)C1C(=O)O. The summed E-state index contributed by atoms with van der Waals surface area (Å²) in [5, 5.41) is 20.0. The summed E-state index contributed by atoms with van der Waals surface area (Å²) < 4.78 is 1.66. The van der Waals surface area contributed by atoms with Crippen LogP contribution in [0.4, 0.5) is 0 Å². The first kappa shape index (κ1) is 19.1. The maximum Gasteiger partial charge on any atom is 0.334 e. The number of carboxylic acid groups (broad SMARTS) is 2. The van der Waals surface area contributed by atoms with Crippen LogP contribution in [0.5, 0.6) is 0 Å². The van der Waals surface area contributed by atoms with Crippen molar-refractivity contribution in [3.05, 3.63) is 63.8 Å². The van der Waals surface area contributed by atoms with Gasteiger partial charge >= 0.3 is 11.9 Å². The molecule has 0 aliphatic carbocycles. The summed E-state index contributed by atoms with van der Waals surface area (Å²) in [5.41, 5.74) is 0.761. The Labute approximate surface area is 164 Å². The lowest BCUT2D eigenvalue weighted by Crippen LogP contribution is -2.35. The van der Waals surface area contributed by atoms with Crippen molar-refractivity contribution in [1.82, 2.24) is 9.55 Å². The summed E-state index contributed by atoms with van der Waals surface area (Å²) in [7, 11) is 0. The molecule has 0 amide bonds. The molecule has 0 radical (unpaired) electrons. The van der Waals surface area contributed by atoms with Gasteiger partial charge in [0.25, 0.3) is 0 Å². The van der Waals surface area contributed by atoms with Crippen LogP contribution in [0.1, 0.15) is 18.4 Å². The van der Waals surface area contributed by atoms with Gasteiger partial charge in [-0.1, -0.05) is 35.3 Å². The van der Waals surface area contributed by atoms with E-state index in [0.717, 1.165) is 0 Å². The van der Waals surface area contributed by atoms with Crippen LogP contribution in [0, 0.1) is 5.92 Å². The Hall–Kier alpha value is -2.64. The minimum Gasteiger partial charge on any atom is -0.481 e. The van der Waals surface area contributed by atoms with Crippen LogP contribution in [0.25, 0.3) is 0 Å². The van der Waals surface area contributed by atoms with Crippen LogP contribution in [-0.2, 0) is 16.1 Å². The molecule has 7 nitrogen and oxygen atoms in total. The summed E-state index contributed by atoms with van der Waals surface area (Å²) in [4.78, 5) is 32.3. The van der Waals surface area contributed by atoms with Gasteiger partial charge in [-0.25, -0.2) is 9.78 Å². The maximum absolute atomic E-state index is 12.1. The van der Waals surface area contributed by atoms with Gasteiger partial charge in [0, 0.05) is 24.0 Å². The highest BCUT2D eigenvalue weighted by Crippen LogP contribution is 2.43. The van der Waals surface area contributed by atoms with E-state index in [1.54, 1.807) is 42.1 Å². The van der Waals surface area contributed by atoms with E-state index in [2.05, 4.69) is 9.98 Å². The number of hydrogen-bond acceptors (Lipinski definition) is 4. The lowest BCUT2D eigenvalue weighted by molar-refractivity contribution is -0.140. The normalized spacial score (nSPS) is 19.7. The Morgan fingerprint density at radius 1 is 1.26 bits per heavy atom. The van der Waals surface area contributed by atoms with E-state index >= 15 is 0 Å². The lowest BCUT2D eigenvalue weighted by atomic mass is 9.75. The van der Waals surface area contributed by atoms with E-state index in [9.17, 15) is 19.8 Å². The highest BCUT2D eigenvalue weighted by atomic mass is 35.5. The van der Waals surface area contributed by atoms with E-state index < -0.39 is 23.8 Å². The predicted molar refractivity (Wildman–Crippen MR) is 100 cm³/mol. The molecule has 3 rings (SSSR count). The number of hydrogen-bond donors (Lipinski definition) is 2. The fraction of sp³-hybridized carbons (Fsp3) is 0.222. The van der Waals surface area contributed by atoms with Gasteiger partial charge in [0.05, 0.1) is 34.2 Å². The number of allylic oxidation sites excluding steroid dienone is 1. The smallest absolute Gasteiger partial charge is 0.334 e. The van der Waals surface area contributed by atoms with Crippen molar-refractivity contribution in [3.63, 3.8) is 0 Å². The number of rotatable bonds is 5. The molecule has 2 heterocycles. The van der Waals surface area contributed by atoms with Gasteiger partial charge in [-0.3, -0.25) is 9.79 Å². The number of carbonyl (C=O) groups is 2. The summed E-state index contributed by atoms with van der Waals surface area (Å²) in [5.74, 6) is -4.63. The first-order chi connectivity index (χ1) is 12.8. The summed E-state index contributed by atoms with van der Waals surface area (Å²) >= 11 is 12.4. The van der Waals surface area contributed by atoms with E-state index in [0.29, 0.717) is 11.3 Å². The number of aromatic nitrogens is 2. The van der Waals surface area contributed by atoms with Crippen LogP contribution in [0.2, 0.25) is 10.0 Å². The molecule has 2 atom stereocenters. The molecule has 2 aromatic rings. The molecular formula is C18H15Cl2N3O4. The molecule has 140 valence electrons. The van der Waals surface area contributed by atoms with Crippen LogP contribution >= 0.6 is 23.2 Å². The van der Waals surface area contributed by atoms with Crippen molar-refractivity contribution in [1.29, 1.82) is 0 Å². The predicted octanol–water partition coefficient (Wildman–Crippen LogP) is 3.49. The molecule has 1 aromatic carbocycles. The minimum absolute atomic E-state index is 0.120. The standard InChI is InChI=1S/C18H15Cl2N3O4/c1-9-13(17(24)25)14(10-3-2-4-11(19)16(10)20)15(18(26)27)12(22-9)7-23-6-5-21-8-23/h2-6,8,13-14H,7H2,1H3,(H,24,25)(H,26,27). The largest absolute Gasteiger partial charge is 0.481 e. The first-order valence-electron chi connectivity index (χ1n) is 7.95. The van der Waals surface area contributed by atoms with Gasteiger partial charge in [0.1, 0.15) is 5.92 Å². The maximum atomic E-state index is 12.1. The van der Waals surface area contributed by atoms with Crippen molar-refractivity contribution in [2.24, 2.45) is 10.9 Å². The molecule has 0 saturated heterocycles. The van der Waals surface area contributed by atoms with Gasteiger partial charge in [-0.15, -0.1) is 0 Å². The Morgan fingerprint density at radius 2 is 2.00 bits per heavy atom. The van der Waals surface area contributed by atoms with Crippen molar-refractivity contribution < 1.29 is 19.8 Å². The molecule has 1 aromatic heterocycles. The number of aliphatic carboxylic acids is 2. The molecular weight excluding hydrogens is 393 g/mol. The number of carboxylic acids is 2. The number of benzene rings is 1. The second-order valence-electron chi connectivity index (χ2n) is 6.09. The molecule has 0 saturated carbocycles. The Balaban J connectivity index is 2.25. The highest BCUT2D eigenvalue weighted by molar-refractivity contribution is 6.42. The number of halogens is 2. The van der Waals surface area contributed by atoms with Crippen molar-refractivity contribution in [3.8, 4) is 0 Å². The average Bonchev–Trinajstić information content (AvgIpc) is 3.09. The zero-order valence-corrected chi connectivity index (χ0v) is 15.6. The zero-order chi connectivity index (χ0) is 19.7. The van der Waals surface area contributed by atoms with E-state index in [-0.39, 0.29) is 27.9 Å². The number of aliphatic imine (C=N–C) groups is 1. The summed E-state index contributed by atoms with van der Waals surface area (Å²) in [6, 6.07) is 4.76. The Morgan fingerprint density at radius 3 is 2.59 bits per heavy atom. The fourth-order valence-electron chi connectivity index (χ4n) is 3.28. The molecule has 0 bridgehead atoms. The molecule has 9 heteroatoms. The van der Waals surface area contributed by atoms with Crippen LogP contribution in [-0.4, -0.2) is 37.4 Å². The van der Waals surface area contributed by atoms with Gasteiger partial charge in [-0.05, 0) is 18.6 Å². The first-order valence-corrected chi connectivity index (χ1v) is 8.70. The molecule has 1 aliphatic heterocycles. The Kier molecular flexibility index (Phi) is 5.34. The monoisotopic (exact) mass is 407 g/mol. The third-order valence-corrected chi connectivity index (χ3v) is 5.25. The van der Waals surface area contributed by atoms with E-state index in [1.807, 2.05) is 0 Å². The third-order valence-electron chi connectivity index (χ3n) is 4.42. The fourth-order valence-corrected chi connectivity index (χ4v) is 3.70. The number of nitrogens with zero attached hydrogens (tertiary/aromatic N) is 3. The molecule has 2 N–H and O–H groups in total. The summed E-state index contributed by atoms with van der Waals surface area (Å²) in [6.45, 7) is 1.71.